The molecule has 114 valence electrons. The van der Waals surface area contributed by atoms with Crippen LogP contribution in [0.4, 0.5) is 5.00 Å². The molecule has 2 unspecified atom stereocenters. The zero-order valence-corrected chi connectivity index (χ0v) is 12.8. The van der Waals surface area contributed by atoms with Crippen LogP contribution in [0.15, 0.2) is 6.07 Å². The summed E-state index contributed by atoms with van der Waals surface area (Å²) in [5.41, 5.74) is 0.624. The lowest BCUT2D eigenvalue weighted by molar-refractivity contribution is -0.122. The van der Waals surface area contributed by atoms with Crippen LogP contribution in [0.5, 0.6) is 0 Å². The van der Waals surface area contributed by atoms with E-state index >= 15 is 0 Å². The predicted octanol–water partition coefficient (Wildman–Crippen LogP) is 1.86. The van der Waals surface area contributed by atoms with Crippen molar-refractivity contribution in [3.63, 3.8) is 0 Å². The van der Waals surface area contributed by atoms with Gasteiger partial charge in [-0.25, -0.2) is 4.79 Å². The lowest BCUT2D eigenvalue weighted by Gasteiger charge is -2.04. The average molecular weight is 310 g/mol. The maximum Gasteiger partial charge on any atom is 0.346 e. The molecule has 1 aromatic heterocycles. The Labute approximate surface area is 126 Å². The number of carbonyl (C=O) groups excluding carboxylic acids is 2. The third-order valence-electron chi connectivity index (χ3n) is 3.47. The fraction of sp³-hybridized carbons (Fsp3) is 0.500. The van der Waals surface area contributed by atoms with Gasteiger partial charge in [-0.2, -0.15) is 0 Å². The minimum atomic E-state index is -0.996. The Kier molecular flexibility index (Phi) is 4.62. The summed E-state index contributed by atoms with van der Waals surface area (Å²) in [4.78, 5) is 34.4. The van der Waals surface area contributed by atoms with Gasteiger partial charge in [0.2, 0.25) is 11.8 Å². The van der Waals surface area contributed by atoms with E-state index < -0.39 is 5.97 Å². The Bertz CT molecular complexity index is 582. The van der Waals surface area contributed by atoms with E-state index in [2.05, 4.69) is 10.6 Å². The number of hydrogen-bond donors (Lipinski definition) is 3. The number of nitrogens with one attached hydrogen (secondary N) is 2. The first kappa shape index (κ1) is 15.5. The van der Waals surface area contributed by atoms with E-state index in [1.165, 1.54) is 0 Å². The summed E-state index contributed by atoms with van der Waals surface area (Å²) in [6, 6.07) is 1.64. The highest BCUT2D eigenvalue weighted by Gasteiger charge is 2.38. The minimum absolute atomic E-state index is 0.00966. The molecular formula is C14H18N2O4S. The lowest BCUT2D eigenvalue weighted by atomic mass is 10.3. The molecule has 0 saturated heterocycles. The molecule has 6 nitrogen and oxygen atoms in total. The van der Waals surface area contributed by atoms with Gasteiger partial charge >= 0.3 is 5.97 Å². The Morgan fingerprint density at radius 2 is 2.10 bits per heavy atom. The third-order valence-corrected chi connectivity index (χ3v) is 4.61. The smallest absolute Gasteiger partial charge is 0.346 e. The molecule has 1 aliphatic carbocycles. The van der Waals surface area contributed by atoms with Gasteiger partial charge < -0.3 is 15.7 Å². The number of carboxylic acid groups (broad SMARTS) is 1. The number of thiophene rings is 1. The molecule has 1 aliphatic rings. The second-order valence-electron chi connectivity index (χ2n) is 5.34. The lowest BCUT2D eigenvalue weighted by Crippen LogP contribution is -2.29. The Balaban J connectivity index is 1.75. The molecule has 3 N–H and O–H groups in total. The van der Waals surface area contributed by atoms with Crippen LogP contribution in [-0.2, 0) is 9.59 Å². The number of rotatable bonds is 6. The highest BCUT2D eigenvalue weighted by atomic mass is 32.1. The maximum atomic E-state index is 11.7. The number of carboxylic acids is 1. The van der Waals surface area contributed by atoms with E-state index in [0.717, 1.165) is 17.8 Å². The summed E-state index contributed by atoms with van der Waals surface area (Å²) < 4.78 is 0. The van der Waals surface area contributed by atoms with Gasteiger partial charge in [-0.3, -0.25) is 9.59 Å². The average Bonchev–Trinajstić information content (AvgIpc) is 3.01. The van der Waals surface area contributed by atoms with Crippen molar-refractivity contribution < 1.29 is 19.5 Å². The zero-order chi connectivity index (χ0) is 15.6. The van der Waals surface area contributed by atoms with Crippen molar-refractivity contribution in [3.05, 3.63) is 16.5 Å². The van der Waals surface area contributed by atoms with Crippen LogP contribution in [0.1, 0.15) is 35.0 Å². The van der Waals surface area contributed by atoms with Crippen molar-refractivity contribution in [2.24, 2.45) is 11.8 Å². The second-order valence-corrected chi connectivity index (χ2v) is 6.39. The number of amides is 2. The molecule has 1 aromatic rings. The van der Waals surface area contributed by atoms with Gasteiger partial charge in [0.15, 0.2) is 0 Å². The van der Waals surface area contributed by atoms with E-state index in [-0.39, 0.29) is 29.0 Å². The van der Waals surface area contributed by atoms with Crippen molar-refractivity contribution in [1.29, 1.82) is 0 Å². The first-order chi connectivity index (χ1) is 9.88. The van der Waals surface area contributed by atoms with Crippen LogP contribution < -0.4 is 10.6 Å². The van der Waals surface area contributed by atoms with Crippen LogP contribution in [0.2, 0.25) is 0 Å². The van der Waals surface area contributed by atoms with Crippen LogP contribution in [0.3, 0.4) is 0 Å². The fourth-order valence-electron chi connectivity index (χ4n) is 2.07. The molecule has 1 fully saturated rings. The Morgan fingerprint density at radius 3 is 2.62 bits per heavy atom. The van der Waals surface area contributed by atoms with E-state index in [1.54, 1.807) is 13.0 Å². The van der Waals surface area contributed by atoms with Crippen LogP contribution in [0.25, 0.3) is 0 Å². The maximum absolute atomic E-state index is 11.7. The second kappa shape index (κ2) is 6.26. The molecule has 0 aliphatic heterocycles. The normalized spacial score (nSPS) is 19.9. The molecule has 0 spiro atoms. The quantitative estimate of drug-likeness (QED) is 0.747. The largest absolute Gasteiger partial charge is 0.477 e. The standard InChI is InChI=1S/C14H18N2O4S/c1-7-5-9(7)13(18)15-4-3-10(17)16-11-6-8(2)12(21-11)14(19)20/h6-7,9H,3-5H2,1-2H3,(H,15,18)(H,16,17)(H,19,20). The highest BCUT2D eigenvalue weighted by Crippen LogP contribution is 2.37. The summed E-state index contributed by atoms with van der Waals surface area (Å²) in [5, 5.41) is 14.8. The predicted molar refractivity (Wildman–Crippen MR) is 79.5 cm³/mol. The molecule has 1 saturated carbocycles. The molecule has 1 heterocycles. The van der Waals surface area contributed by atoms with Crippen LogP contribution in [0, 0.1) is 18.8 Å². The first-order valence-electron chi connectivity index (χ1n) is 6.79. The molecule has 2 amide bonds. The number of hydrogen-bond acceptors (Lipinski definition) is 4. The van der Waals surface area contributed by atoms with Gasteiger partial charge in [0.1, 0.15) is 4.88 Å². The van der Waals surface area contributed by atoms with Crippen molar-refractivity contribution in [2.75, 3.05) is 11.9 Å². The summed E-state index contributed by atoms with van der Waals surface area (Å²) in [6.07, 6.45) is 1.09. The Hall–Kier alpha value is -1.89. The van der Waals surface area contributed by atoms with Gasteiger partial charge in [0, 0.05) is 18.9 Å². The zero-order valence-electron chi connectivity index (χ0n) is 11.9. The highest BCUT2D eigenvalue weighted by molar-refractivity contribution is 7.18. The topological polar surface area (TPSA) is 95.5 Å². The van der Waals surface area contributed by atoms with E-state index in [4.69, 9.17) is 5.11 Å². The SMILES string of the molecule is Cc1cc(NC(=O)CCNC(=O)C2CC2C)sc1C(=O)O. The molecule has 0 aromatic carbocycles. The summed E-state index contributed by atoms with van der Waals surface area (Å²) in [5.74, 6) is -0.676. The van der Waals surface area contributed by atoms with E-state index in [9.17, 15) is 14.4 Å². The first-order valence-corrected chi connectivity index (χ1v) is 7.61. The fourth-order valence-corrected chi connectivity index (χ4v) is 3.00. The number of anilines is 1. The van der Waals surface area contributed by atoms with Crippen LogP contribution >= 0.6 is 11.3 Å². The minimum Gasteiger partial charge on any atom is -0.477 e. The van der Waals surface area contributed by atoms with Crippen LogP contribution in [-0.4, -0.2) is 29.4 Å². The van der Waals surface area contributed by atoms with Crippen molar-refractivity contribution in [3.8, 4) is 0 Å². The summed E-state index contributed by atoms with van der Waals surface area (Å²) in [6.45, 7) is 4.01. The van der Waals surface area contributed by atoms with E-state index in [1.807, 2.05) is 6.92 Å². The van der Waals surface area contributed by atoms with Gasteiger partial charge in [0.25, 0.3) is 0 Å². The summed E-state index contributed by atoms with van der Waals surface area (Å²) >= 11 is 1.03. The van der Waals surface area contributed by atoms with Gasteiger partial charge in [0.05, 0.1) is 5.00 Å². The van der Waals surface area contributed by atoms with E-state index in [0.29, 0.717) is 23.0 Å². The molecule has 7 heteroatoms. The molecule has 2 rings (SSSR count). The van der Waals surface area contributed by atoms with Crippen molar-refractivity contribution in [2.45, 2.75) is 26.7 Å². The molecule has 21 heavy (non-hydrogen) atoms. The third kappa shape index (κ3) is 4.04. The number of aromatic carboxylic acids is 1. The molecular weight excluding hydrogens is 292 g/mol. The molecule has 0 radical (unpaired) electrons. The van der Waals surface area contributed by atoms with Crippen molar-refractivity contribution in [1.82, 2.24) is 5.32 Å². The number of aryl methyl sites for hydroxylation is 1. The molecule has 0 bridgehead atoms. The summed E-state index contributed by atoms with van der Waals surface area (Å²) in [7, 11) is 0. The van der Waals surface area contributed by atoms with Gasteiger partial charge in [-0.05, 0) is 30.9 Å². The number of carbonyl (C=O) groups is 3. The Morgan fingerprint density at radius 1 is 1.43 bits per heavy atom. The molecule has 2 atom stereocenters. The van der Waals surface area contributed by atoms with Gasteiger partial charge in [-0.1, -0.05) is 6.92 Å². The monoisotopic (exact) mass is 310 g/mol. The van der Waals surface area contributed by atoms with Crippen molar-refractivity contribution >= 4 is 34.1 Å². The van der Waals surface area contributed by atoms with Gasteiger partial charge in [-0.15, -0.1) is 11.3 Å².